The van der Waals surface area contributed by atoms with E-state index in [-0.39, 0.29) is 17.4 Å². The third-order valence-corrected chi connectivity index (χ3v) is 4.80. The molecule has 0 aliphatic rings. The van der Waals surface area contributed by atoms with Crippen LogP contribution in [-0.2, 0) is 27.3 Å². The highest BCUT2D eigenvalue weighted by Gasteiger charge is 2.28. The second-order valence-corrected chi connectivity index (χ2v) is 8.68. The molecule has 0 aliphatic carbocycles. The monoisotopic (exact) mass is 494 g/mol. The first-order valence-corrected chi connectivity index (χ1v) is 10.6. The van der Waals surface area contributed by atoms with Gasteiger partial charge in [0, 0.05) is 50.7 Å². The molecule has 1 aromatic carbocycles. The number of amides is 2. The molecule has 2 aromatic rings. The molecule has 170 valence electrons. The van der Waals surface area contributed by atoms with Crippen LogP contribution in [0.5, 0.6) is 0 Å². The Labute approximate surface area is 192 Å². The molecule has 1 heterocycles. The van der Waals surface area contributed by atoms with Crippen LogP contribution >= 0.6 is 15.9 Å². The molecular formula is C22H31BrN4O4. The van der Waals surface area contributed by atoms with Crippen LogP contribution in [0.15, 0.2) is 28.7 Å². The van der Waals surface area contributed by atoms with E-state index in [1.54, 1.807) is 39.6 Å². The number of anilines is 1. The summed E-state index contributed by atoms with van der Waals surface area (Å²) in [5.41, 5.74) is 0.582. The number of ether oxygens (including phenoxy) is 1. The maximum Gasteiger partial charge on any atom is 0.273 e. The van der Waals surface area contributed by atoms with Gasteiger partial charge in [-0.3, -0.25) is 9.59 Å². The zero-order valence-electron chi connectivity index (χ0n) is 18.9. The van der Waals surface area contributed by atoms with Gasteiger partial charge in [0.05, 0.1) is 0 Å². The van der Waals surface area contributed by atoms with Gasteiger partial charge >= 0.3 is 0 Å². The zero-order chi connectivity index (χ0) is 23.6. The molecule has 1 aromatic heterocycles. The first-order valence-electron chi connectivity index (χ1n) is 9.81. The average molecular weight is 495 g/mol. The summed E-state index contributed by atoms with van der Waals surface area (Å²) in [5.74, 6) is 0.467. The van der Waals surface area contributed by atoms with Crippen LogP contribution in [0.25, 0.3) is 0 Å². The largest absolute Gasteiger partial charge is 0.385 e. The Morgan fingerprint density at radius 3 is 2.45 bits per heavy atom. The van der Waals surface area contributed by atoms with E-state index in [2.05, 4.69) is 31.0 Å². The molecule has 0 fully saturated rings. The third kappa shape index (κ3) is 7.91. The lowest BCUT2D eigenvalue weighted by Crippen LogP contribution is -2.27. The number of nitrogens with one attached hydrogen (secondary N) is 1. The molecule has 2 amide bonds. The van der Waals surface area contributed by atoms with Crippen LogP contribution in [0.1, 0.15) is 42.6 Å². The summed E-state index contributed by atoms with van der Waals surface area (Å²) < 4.78 is 7.22. The van der Waals surface area contributed by atoms with Gasteiger partial charge in [0.15, 0.2) is 11.5 Å². The summed E-state index contributed by atoms with van der Waals surface area (Å²) in [4.78, 5) is 41.1. The number of aldehydes is 1. The lowest BCUT2D eigenvalue weighted by Gasteiger charge is -2.19. The normalized spacial score (nSPS) is 10.7. The second kappa shape index (κ2) is 12.4. The van der Waals surface area contributed by atoms with E-state index in [1.165, 1.54) is 4.90 Å². The van der Waals surface area contributed by atoms with Crippen molar-refractivity contribution < 1.29 is 19.1 Å². The molecule has 0 bridgehead atoms. The van der Waals surface area contributed by atoms with Crippen molar-refractivity contribution in [3.63, 3.8) is 0 Å². The van der Waals surface area contributed by atoms with Crippen LogP contribution in [0.3, 0.4) is 0 Å². The van der Waals surface area contributed by atoms with Crippen LogP contribution in [0, 0.1) is 5.41 Å². The number of carbonyl (C=O) groups is 3. The van der Waals surface area contributed by atoms with Gasteiger partial charge in [0.2, 0.25) is 6.41 Å². The quantitative estimate of drug-likeness (QED) is 0.539. The molecule has 8 nitrogen and oxygen atoms in total. The van der Waals surface area contributed by atoms with Crippen molar-refractivity contribution in [1.82, 2.24) is 14.5 Å². The van der Waals surface area contributed by atoms with Crippen LogP contribution < -0.4 is 5.32 Å². The Morgan fingerprint density at radius 1 is 1.32 bits per heavy atom. The number of hydrogen-bond donors (Lipinski definition) is 1. The molecule has 9 heteroatoms. The molecule has 2 rings (SSSR count). The second-order valence-electron chi connectivity index (χ2n) is 7.76. The van der Waals surface area contributed by atoms with Crippen molar-refractivity contribution in [1.29, 1.82) is 0 Å². The van der Waals surface area contributed by atoms with Crippen molar-refractivity contribution >= 4 is 40.4 Å². The van der Waals surface area contributed by atoms with E-state index < -0.39 is 5.41 Å². The van der Waals surface area contributed by atoms with E-state index >= 15 is 0 Å². The maximum absolute atomic E-state index is 12.8. The number of carbonyl (C=O) groups excluding carboxylic acids is 3. The van der Waals surface area contributed by atoms with Gasteiger partial charge < -0.3 is 24.3 Å². The molecule has 31 heavy (non-hydrogen) atoms. The lowest BCUT2D eigenvalue weighted by atomic mass is 9.91. The fourth-order valence-corrected chi connectivity index (χ4v) is 3.10. The van der Waals surface area contributed by atoms with Gasteiger partial charge in [0.1, 0.15) is 12.1 Å². The van der Waals surface area contributed by atoms with E-state index in [1.807, 2.05) is 31.2 Å². The topological polar surface area (TPSA) is 93.5 Å². The van der Waals surface area contributed by atoms with E-state index in [0.717, 1.165) is 22.9 Å². The van der Waals surface area contributed by atoms with Crippen molar-refractivity contribution in [2.24, 2.45) is 5.41 Å². The fourth-order valence-electron chi connectivity index (χ4n) is 2.66. The molecule has 0 saturated heterocycles. The van der Waals surface area contributed by atoms with E-state index in [9.17, 15) is 14.4 Å². The molecular weight excluding hydrogens is 464 g/mol. The third-order valence-electron chi connectivity index (χ3n) is 4.30. The minimum Gasteiger partial charge on any atom is -0.385 e. The summed E-state index contributed by atoms with van der Waals surface area (Å²) in [6.45, 7) is 6.77. The summed E-state index contributed by atoms with van der Waals surface area (Å²) in [6.07, 6.45) is 1.69. The first-order chi connectivity index (χ1) is 14.6. The summed E-state index contributed by atoms with van der Waals surface area (Å²) in [5, 5.41) is 2.52. The number of aromatic nitrogens is 2. The van der Waals surface area contributed by atoms with Gasteiger partial charge in [-0.15, -0.1) is 0 Å². The summed E-state index contributed by atoms with van der Waals surface area (Å²) >= 11 is 3.45. The predicted octanol–water partition coefficient (Wildman–Crippen LogP) is 3.38. The maximum atomic E-state index is 12.8. The van der Waals surface area contributed by atoms with Gasteiger partial charge in [0.25, 0.3) is 5.91 Å². The van der Waals surface area contributed by atoms with Gasteiger partial charge in [-0.05, 0) is 24.6 Å². The van der Waals surface area contributed by atoms with Gasteiger partial charge in [-0.2, -0.15) is 0 Å². The SMILES string of the molecule is CCOC.CN(C)C(=O)c1c(NC=O)nc(CC(C)(C)C=O)n1Cc1cccc(Br)c1. The van der Waals surface area contributed by atoms with Crippen molar-refractivity contribution in [2.45, 2.75) is 33.7 Å². The molecule has 0 radical (unpaired) electrons. The van der Waals surface area contributed by atoms with Crippen LogP contribution in [-0.4, -0.2) is 60.9 Å². The molecule has 0 spiro atoms. The summed E-state index contributed by atoms with van der Waals surface area (Å²) in [6, 6.07) is 7.71. The van der Waals surface area contributed by atoms with E-state index in [4.69, 9.17) is 0 Å². The lowest BCUT2D eigenvalue weighted by molar-refractivity contribution is -0.114. The predicted molar refractivity (Wildman–Crippen MR) is 124 cm³/mol. The number of methoxy groups -OCH3 is 1. The van der Waals surface area contributed by atoms with Gasteiger partial charge in [-0.1, -0.05) is 41.9 Å². The fraction of sp³-hybridized carbons (Fsp3) is 0.455. The highest BCUT2D eigenvalue weighted by atomic mass is 79.9. The molecule has 0 unspecified atom stereocenters. The highest BCUT2D eigenvalue weighted by Crippen LogP contribution is 2.26. The Morgan fingerprint density at radius 2 is 1.97 bits per heavy atom. The number of nitrogens with zero attached hydrogens (tertiary/aromatic N) is 3. The number of imidazole rings is 1. The molecule has 1 N–H and O–H groups in total. The van der Waals surface area contributed by atoms with Crippen molar-refractivity contribution in [3.8, 4) is 0 Å². The Bertz CT molecular complexity index is 892. The van der Waals surface area contributed by atoms with Crippen molar-refractivity contribution in [2.75, 3.05) is 33.1 Å². The Kier molecular flexibility index (Phi) is 10.6. The first kappa shape index (κ1) is 26.5. The highest BCUT2D eigenvalue weighted by molar-refractivity contribution is 9.10. The summed E-state index contributed by atoms with van der Waals surface area (Å²) in [7, 11) is 4.96. The number of hydrogen-bond acceptors (Lipinski definition) is 5. The zero-order valence-corrected chi connectivity index (χ0v) is 20.5. The standard InChI is InChI=1S/C19H23BrN4O3.C3H8O/c1-19(2,11-25)9-15-22-17(21-12-26)16(18(27)23(3)4)24(15)10-13-6-5-7-14(20)8-13;1-3-4-2/h5-8,11-12H,9-10H2,1-4H3,(H,21,26);3H2,1-2H3. The molecule has 0 aliphatic heterocycles. The molecule has 0 saturated carbocycles. The van der Waals surface area contributed by atoms with Crippen molar-refractivity contribution in [3.05, 3.63) is 45.8 Å². The smallest absolute Gasteiger partial charge is 0.273 e. The minimum atomic E-state index is -0.655. The van der Waals surface area contributed by atoms with Gasteiger partial charge in [-0.25, -0.2) is 4.98 Å². The average Bonchev–Trinajstić information content (AvgIpc) is 3.03. The number of halogens is 1. The Hall–Kier alpha value is -2.52. The van der Waals surface area contributed by atoms with Crippen LogP contribution in [0.4, 0.5) is 5.82 Å². The minimum absolute atomic E-state index is 0.190. The Balaban J connectivity index is 0.00000110. The van der Waals surface area contributed by atoms with E-state index in [0.29, 0.717) is 25.2 Å². The van der Waals surface area contributed by atoms with Crippen LogP contribution in [0.2, 0.25) is 0 Å². The number of benzene rings is 1. The molecule has 0 atom stereocenters. The number of rotatable bonds is 9.